The highest BCUT2D eigenvalue weighted by Gasteiger charge is 2.35. The number of Topliss-reactive ketones (excluding diaryl/α,β-unsaturated/α-hetero) is 1. The largest absolute Gasteiger partial charge is 0.416 e. The molecule has 2 heterocycles. The highest BCUT2D eigenvalue weighted by atomic mass is 19.4. The molecule has 2 aliphatic rings. The topological polar surface area (TPSA) is 57.7 Å². The minimum atomic E-state index is -4.44. The molecule has 0 radical (unpaired) electrons. The van der Waals surface area contributed by atoms with Crippen LogP contribution in [0.15, 0.2) is 24.3 Å². The van der Waals surface area contributed by atoms with Crippen LogP contribution >= 0.6 is 0 Å². The van der Waals surface area contributed by atoms with E-state index in [0.29, 0.717) is 51.9 Å². The number of rotatable bonds is 3. The molecule has 0 bridgehead atoms. The van der Waals surface area contributed by atoms with Gasteiger partial charge in [0.15, 0.2) is 5.78 Å². The van der Waals surface area contributed by atoms with Crippen LogP contribution in [0.4, 0.5) is 13.2 Å². The lowest BCUT2D eigenvalue weighted by molar-refractivity contribution is -0.141. The molecule has 0 aromatic heterocycles. The van der Waals surface area contributed by atoms with Crippen LogP contribution < -0.4 is 0 Å². The van der Waals surface area contributed by atoms with Gasteiger partial charge in [-0.3, -0.25) is 14.4 Å². The van der Waals surface area contributed by atoms with Crippen LogP contribution in [0.2, 0.25) is 0 Å². The zero-order valence-corrected chi connectivity index (χ0v) is 16.4. The van der Waals surface area contributed by atoms with Crippen LogP contribution in [-0.2, 0) is 15.8 Å². The summed E-state index contributed by atoms with van der Waals surface area (Å²) in [4.78, 5) is 40.5. The Morgan fingerprint density at radius 2 is 1.52 bits per heavy atom. The number of hydrogen-bond donors (Lipinski definition) is 0. The van der Waals surface area contributed by atoms with E-state index in [4.69, 9.17) is 0 Å². The van der Waals surface area contributed by atoms with E-state index in [1.807, 2.05) is 0 Å². The number of piperidine rings is 2. The van der Waals surface area contributed by atoms with Crippen molar-refractivity contribution in [3.05, 3.63) is 35.4 Å². The number of ketones is 1. The zero-order valence-electron chi connectivity index (χ0n) is 16.4. The molecule has 158 valence electrons. The lowest BCUT2D eigenvalue weighted by Crippen LogP contribution is -2.48. The molecule has 2 amide bonds. The summed E-state index contributed by atoms with van der Waals surface area (Å²) in [6.45, 7) is 3.53. The van der Waals surface area contributed by atoms with Gasteiger partial charge in [-0.25, -0.2) is 0 Å². The molecule has 2 aliphatic heterocycles. The molecule has 0 aliphatic carbocycles. The molecule has 0 saturated carbocycles. The van der Waals surface area contributed by atoms with E-state index in [1.165, 1.54) is 19.1 Å². The first kappa shape index (κ1) is 21.3. The summed E-state index contributed by atoms with van der Waals surface area (Å²) in [6, 6.07) is 4.26. The van der Waals surface area contributed by atoms with Gasteiger partial charge in [-0.05, 0) is 37.8 Å². The Morgan fingerprint density at radius 1 is 0.897 bits per heavy atom. The molecule has 29 heavy (non-hydrogen) atoms. The van der Waals surface area contributed by atoms with Crippen molar-refractivity contribution in [1.29, 1.82) is 0 Å². The van der Waals surface area contributed by atoms with Crippen molar-refractivity contribution >= 4 is 17.6 Å². The predicted octanol–water partition coefficient (Wildman–Crippen LogP) is 3.39. The fraction of sp³-hybridized carbons (Fsp3) is 0.571. The van der Waals surface area contributed by atoms with E-state index >= 15 is 0 Å². The first-order chi connectivity index (χ1) is 13.7. The van der Waals surface area contributed by atoms with Gasteiger partial charge in [0.1, 0.15) is 0 Å². The lowest BCUT2D eigenvalue weighted by atomic mass is 9.88. The Morgan fingerprint density at radius 3 is 2.07 bits per heavy atom. The average molecular weight is 410 g/mol. The molecule has 0 unspecified atom stereocenters. The molecule has 1 aromatic rings. The Kier molecular flexibility index (Phi) is 6.29. The lowest BCUT2D eigenvalue weighted by Gasteiger charge is -2.37. The average Bonchev–Trinajstić information content (AvgIpc) is 2.72. The maximum atomic E-state index is 12.9. The Hall–Kier alpha value is -2.38. The van der Waals surface area contributed by atoms with Crippen molar-refractivity contribution in [2.45, 2.75) is 38.8 Å². The van der Waals surface area contributed by atoms with Gasteiger partial charge < -0.3 is 9.80 Å². The van der Waals surface area contributed by atoms with Gasteiger partial charge in [0.2, 0.25) is 11.8 Å². The minimum absolute atomic E-state index is 0.0103. The van der Waals surface area contributed by atoms with Crippen LogP contribution in [-0.4, -0.2) is 53.6 Å². The summed E-state index contributed by atoms with van der Waals surface area (Å²) in [5.74, 6) is -0.746. The van der Waals surface area contributed by atoms with Crippen molar-refractivity contribution in [1.82, 2.24) is 9.80 Å². The number of likely N-dealkylation sites (tertiary alicyclic amines) is 2. The summed E-state index contributed by atoms with van der Waals surface area (Å²) in [5, 5.41) is 0. The van der Waals surface area contributed by atoms with Crippen molar-refractivity contribution in [2.75, 3.05) is 26.2 Å². The molecule has 1 atom stereocenters. The third-order valence-electron chi connectivity index (χ3n) is 5.89. The second-order valence-corrected chi connectivity index (χ2v) is 7.84. The summed E-state index contributed by atoms with van der Waals surface area (Å²) in [7, 11) is 0. The number of halogens is 3. The Labute approximate surface area is 167 Å². The molecular formula is C21H25F3N2O3. The third-order valence-corrected chi connectivity index (χ3v) is 5.89. The van der Waals surface area contributed by atoms with Crippen LogP contribution in [0, 0.1) is 11.8 Å². The number of hydrogen-bond acceptors (Lipinski definition) is 3. The smallest absolute Gasteiger partial charge is 0.343 e. The summed E-state index contributed by atoms with van der Waals surface area (Å²) in [6.07, 6.45) is -1.89. The Bertz CT molecular complexity index is 768. The standard InChI is InChI=1S/C21H25F3N2O3/c1-14(27)25-11-8-16(9-12-25)20(29)26-10-2-3-17(13-26)19(28)15-4-6-18(7-5-15)21(22,23)24/h4-7,16-17H,2-3,8-13H2,1H3/t17-/m0/s1. The number of amides is 2. The van der Waals surface area contributed by atoms with Crippen LogP contribution in [0.5, 0.6) is 0 Å². The van der Waals surface area contributed by atoms with E-state index in [9.17, 15) is 27.6 Å². The second-order valence-electron chi connectivity index (χ2n) is 7.84. The van der Waals surface area contributed by atoms with E-state index in [0.717, 1.165) is 12.1 Å². The van der Waals surface area contributed by atoms with Gasteiger partial charge in [-0.1, -0.05) is 12.1 Å². The fourth-order valence-electron chi connectivity index (χ4n) is 4.15. The molecule has 2 saturated heterocycles. The van der Waals surface area contributed by atoms with Crippen LogP contribution in [0.25, 0.3) is 0 Å². The number of alkyl halides is 3. The summed E-state index contributed by atoms with van der Waals surface area (Å²) >= 11 is 0. The van der Waals surface area contributed by atoms with E-state index in [-0.39, 0.29) is 29.1 Å². The molecule has 8 heteroatoms. The highest BCUT2D eigenvalue weighted by molar-refractivity contribution is 5.98. The predicted molar refractivity (Wildman–Crippen MR) is 100 cm³/mol. The minimum Gasteiger partial charge on any atom is -0.343 e. The first-order valence-electron chi connectivity index (χ1n) is 9.92. The second kappa shape index (κ2) is 8.55. The van der Waals surface area contributed by atoms with Gasteiger partial charge in [0.05, 0.1) is 5.56 Å². The van der Waals surface area contributed by atoms with Crippen molar-refractivity contribution in [2.24, 2.45) is 11.8 Å². The fourth-order valence-corrected chi connectivity index (χ4v) is 4.15. The zero-order chi connectivity index (χ0) is 21.2. The number of benzene rings is 1. The van der Waals surface area contributed by atoms with Gasteiger partial charge in [-0.15, -0.1) is 0 Å². The van der Waals surface area contributed by atoms with Crippen LogP contribution in [0.1, 0.15) is 48.5 Å². The van der Waals surface area contributed by atoms with Gasteiger partial charge in [-0.2, -0.15) is 13.2 Å². The molecule has 0 N–H and O–H groups in total. The third kappa shape index (κ3) is 4.97. The molecule has 0 spiro atoms. The van der Waals surface area contributed by atoms with E-state index in [2.05, 4.69) is 0 Å². The van der Waals surface area contributed by atoms with Crippen molar-refractivity contribution < 1.29 is 27.6 Å². The summed E-state index contributed by atoms with van der Waals surface area (Å²) < 4.78 is 38.1. The van der Waals surface area contributed by atoms with Crippen molar-refractivity contribution in [3.8, 4) is 0 Å². The molecule has 1 aromatic carbocycles. The monoisotopic (exact) mass is 410 g/mol. The number of carbonyl (C=O) groups excluding carboxylic acids is 3. The molecule has 2 fully saturated rings. The number of nitrogens with zero attached hydrogens (tertiary/aromatic N) is 2. The maximum absolute atomic E-state index is 12.9. The van der Waals surface area contributed by atoms with E-state index in [1.54, 1.807) is 9.80 Å². The molecular weight excluding hydrogens is 385 g/mol. The summed E-state index contributed by atoms with van der Waals surface area (Å²) in [5.41, 5.74) is -0.543. The molecule has 5 nitrogen and oxygen atoms in total. The van der Waals surface area contributed by atoms with Crippen molar-refractivity contribution in [3.63, 3.8) is 0 Å². The van der Waals surface area contributed by atoms with Gasteiger partial charge in [0, 0.05) is 50.5 Å². The van der Waals surface area contributed by atoms with Gasteiger partial charge >= 0.3 is 6.18 Å². The quantitative estimate of drug-likeness (QED) is 0.718. The highest BCUT2D eigenvalue weighted by Crippen LogP contribution is 2.30. The van der Waals surface area contributed by atoms with E-state index < -0.39 is 17.7 Å². The maximum Gasteiger partial charge on any atom is 0.416 e. The van der Waals surface area contributed by atoms with Crippen LogP contribution in [0.3, 0.4) is 0 Å². The number of carbonyl (C=O) groups is 3. The molecule has 3 rings (SSSR count). The SMILES string of the molecule is CC(=O)N1CCC(C(=O)N2CCC[C@H](C(=O)c3ccc(C(F)(F)F)cc3)C2)CC1. The normalized spacial score (nSPS) is 21.2. The Balaban J connectivity index is 1.61. The first-order valence-corrected chi connectivity index (χ1v) is 9.92. The van der Waals surface area contributed by atoms with Gasteiger partial charge in [0.25, 0.3) is 0 Å².